The number of methoxy groups -OCH3 is 1. The third-order valence-electron chi connectivity index (χ3n) is 4.93. The normalized spacial score (nSPS) is 11.9. The molecule has 0 radical (unpaired) electrons. The van der Waals surface area contributed by atoms with E-state index >= 15 is 0 Å². The molecule has 202 valence electrons. The average Bonchev–Trinajstić information content (AvgIpc) is 3.32. The molecule has 12 heteroatoms. The third-order valence-corrected chi connectivity index (χ3v) is 4.93. The maximum Gasteiger partial charge on any atom is 0.408 e. The minimum absolute atomic E-state index is 0.0503. The molecule has 0 fully saturated rings. The zero-order chi connectivity index (χ0) is 27.7. The van der Waals surface area contributed by atoms with E-state index < -0.39 is 29.7 Å². The number of hydrogen-bond acceptors (Lipinski definition) is 10. The summed E-state index contributed by atoms with van der Waals surface area (Å²) in [6.07, 6.45) is -0.696. The largest absolute Gasteiger partial charge is 0.467 e. The molecule has 1 heterocycles. The van der Waals surface area contributed by atoms with Gasteiger partial charge in [-0.05, 0) is 49.2 Å². The summed E-state index contributed by atoms with van der Waals surface area (Å²) in [5.41, 5.74) is 1.23. The van der Waals surface area contributed by atoms with Crippen LogP contribution in [-0.2, 0) is 43.6 Å². The number of aromatic nitrogens is 4. The highest BCUT2D eigenvalue weighted by Crippen LogP contribution is 2.29. The third kappa shape index (κ3) is 8.66. The van der Waals surface area contributed by atoms with Crippen molar-refractivity contribution in [3.8, 4) is 17.1 Å². The first kappa shape index (κ1) is 28.3. The fourth-order valence-corrected chi connectivity index (χ4v) is 3.37. The molecule has 0 saturated carbocycles. The molecule has 12 nitrogen and oxygen atoms in total. The first-order chi connectivity index (χ1) is 18.0. The van der Waals surface area contributed by atoms with Crippen LogP contribution in [0.5, 0.6) is 5.75 Å². The van der Waals surface area contributed by atoms with E-state index in [9.17, 15) is 14.4 Å². The van der Waals surface area contributed by atoms with Crippen LogP contribution in [0, 0.1) is 0 Å². The maximum absolute atomic E-state index is 12.4. The second-order valence-electron chi connectivity index (χ2n) is 9.30. The molecule has 1 N–H and O–H groups in total. The molecule has 0 aliphatic rings. The van der Waals surface area contributed by atoms with Crippen molar-refractivity contribution in [2.45, 2.75) is 59.1 Å². The van der Waals surface area contributed by atoms with Crippen molar-refractivity contribution in [1.82, 2.24) is 25.5 Å². The summed E-state index contributed by atoms with van der Waals surface area (Å²) >= 11 is 0. The van der Waals surface area contributed by atoms with Gasteiger partial charge in [-0.2, -0.15) is 0 Å². The Hall–Kier alpha value is -4.32. The number of rotatable bonds is 10. The molecule has 0 aliphatic carbocycles. The Kier molecular flexibility index (Phi) is 9.49. The number of tetrazole rings is 1. The molecular weight excluding hydrogens is 494 g/mol. The molecule has 0 bridgehead atoms. The number of esters is 2. The number of nitrogens with one attached hydrogen (secondary N) is 1. The molecule has 0 aliphatic heterocycles. The van der Waals surface area contributed by atoms with Gasteiger partial charge in [0.2, 0.25) is 5.82 Å². The molecule has 3 rings (SSSR count). The fourth-order valence-electron chi connectivity index (χ4n) is 3.37. The Labute approximate surface area is 220 Å². The molecule has 2 aromatic carbocycles. The van der Waals surface area contributed by atoms with Crippen LogP contribution in [0.4, 0.5) is 4.79 Å². The number of amides is 1. The van der Waals surface area contributed by atoms with Gasteiger partial charge in [-0.1, -0.05) is 36.4 Å². The zero-order valence-electron chi connectivity index (χ0n) is 22.0. The fraction of sp³-hybridized carbons (Fsp3) is 0.385. The molecule has 1 amide bonds. The van der Waals surface area contributed by atoms with Crippen molar-refractivity contribution in [3.63, 3.8) is 0 Å². The number of hydrogen-bond donors (Lipinski definition) is 1. The van der Waals surface area contributed by atoms with E-state index in [4.69, 9.17) is 18.9 Å². The van der Waals surface area contributed by atoms with Crippen molar-refractivity contribution in [3.05, 3.63) is 59.7 Å². The lowest BCUT2D eigenvalue weighted by atomic mass is 10.0. The number of benzene rings is 2. The number of alkyl carbamates (subject to hydrolysis) is 1. The molecule has 38 heavy (non-hydrogen) atoms. The lowest BCUT2D eigenvalue weighted by Gasteiger charge is -2.22. The Morgan fingerprint density at radius 1 is 1.05 bits per heavy atom. The predicted octanol–water partition coefficient (Wildman–Crippen LogP) is 3.05. The van der Waals surface area contributed by atoms with Gasteiger partial charge in [0.05, 0.1) is 19.3 Å². The van der Waals surface area contributed by atoms with Crippen LogP contribution in [0.15, 0.2) is 48.5 Å². The number of carbonyl (C=O) groups excluding carboxylic acids is 3. The van der Waals surface area contributed by atoms with Gasteiger partial charge in [0.25, 0.3) is 0 Å². The Morgan fingerprint density at radius 2 is 1.79 bits per heavy atom. The number of ether oxygens (including phenoxy) is 4. The van der Waals surface area contributed by atoms with Gasteiger partial charge in [-0.3, -0.25) is 4.79 Å². The van der Waals surface area contributed by atoms with Crippen molar-refractivity contribution in [2.24, 2.45) is 0 Å². The molecule has 0 saturated heterocycles. The van der Waals surface area contributed by atoms with Gasteiger partial charge in [0.1, 0.15) is 17.4 Å². The van der Waals surface area contributed by atoms with Gasteiger partial charge < -0.3 is 24.3 Å². The summed E-state index contributed by atoms with van der Waals surface area (Å²) in [6, 6.07) is 13.5. The SMILES string of the molecule is COC(=O)C(Cc1ccc(OC(C)=O)c(-c2nnn(COCc3ccccc3)n2)c1)NC(=O)OC(C)(C)C. The van der Waals surface area contributed by atoms with Crippen LogP contribution in [0.25, 0.3) is 11.4 Å². The summed E-state index contributed by atoms with van der Waals surface area (Å²) in [6.45, 7) is 6.84. The van der Waals surface area contributed by atoms with E-state index in [1.807, 2.05) is 30.3 Å². The lowest BCUT2D eigenvalue weighted by molar-refractivity contribution is -0.143. The van der Waals surface area contributed by atoms with Gasteiger partial charge in [0, 0.05) is 13.3 Å². The summed E-state index contributed by atoms with van der Waals surface area (Å²) in [5, 5.41) is 15.0. The summed E-state index contributed by atoms with van der Waals surface area (Å²) in [7, 11) is 1.23. The van der Waals surface area contributed by atoms with Gasteiger partial charge in [0.15, 0.2) is 6.73 Å². The zero-order valence-corrected chi connectivity index (χ0v) is 22.0. The highest BCUT2D eigenvalue weighted by molar-refractivity contribution is 5.82. The second kappa shape index (κ2) is 12.8. The van der Waals surface area contributed by atoms with Crippen LogP contribution in [0.1, 0.15) is 38.8 Å². The second-order valence-corrected chi connectivity index (χ2v) is 9.30. The van der Waals surface area contributed by atoms with Crippen LogP contribution in [0.3, 0.4) is 0 Å². The number of nitrogens with zero attached hydrogens (tertiary/aromatic N) is 4. The lowest BCUT2D eigenvalue weighted by Crippen LogP contribution is -2.45. The molecular formula is C26H31N5O7. The van der Waals surface area contributed by atoms with Crippen LogP contribution in [-0.4, -0.2) is 57.0 Å². The quantitative estimate of drug-likeness (QED) is 0.310. The maximum atomic E-state index is 12.4. The molecule has 1 unspecified atom stereocenters. The molecule has 0 spiro atoms. The summed E-state index contributed by atoms with van der Waals surface area (Å²) < 4.78 is 21.1. The highest BCUT2D eigenvalue weighted by atomic mass is 16.6. The Balaban J connectivity index is 1.79. The van der Waals surface area contributed by atoms with Gasteiger partial charge in [-0.15, -0.1) is 15.0 Å². The molecule has 1 atom stereocenters. The highest BCUT2D eigenvalue weighted by Gasteiger charge is 2.26. The smallest absolute Gasteiger partial charge is 0.408 e. The average molecular weight is 526 g/mol. The van der Waals surface area contributed by atoms with Crippen molar-refractivity contribution < 1.29 is 33.3 Å². The minimum Gasteiger partial charge on any atom is -0.467 e. The first-order valence-corrected chi connectivity index (χ1v) is 11.8. The molecule has 3 aromatic rings. The van der Waals surface area contributed by atoms with Gasteiger partial charge >= 0.3 is 18.0 Å². The van der Waals surface area contributed by atoms with Gasteiger partial charge in [-0.25, -0.2) is 9.59 Å². The van der Waals surface area contributed by atoms with Crippen LogP contribution in [0.2, 0.25) is 0 Å². The summed E-state index contributed by atoms with van der Waals surface area (Å²) in [4.78, 5) is 37.6. The monoisotopic (exact) mass is 525 g/mol. The standard InChI is InChI=1S/C26H31N5O7/c1-17(32)37-22-12-11-19(14-21(24(33)35-5)27-25(34)38-26(2,3)4)13-20(22)23-28-30-31(29-23)16-36-15-18-9-7-6-8-10-18/h6-13,21H,14-16H2,1-5H3,(H,27,34). The van der Waals surface area contributed by atoms with E-state index in [2.05, 4.69) is 20.7 Å². The Bertz CT molecular complexity index is 1250. The van der Waals surface area contributed by atoms with E-state index in [1.54, 1.807) is 39.0 Å². The minimum atomic E-state index is -1.03. The van der Waals surface area contributed by atoms with E-state index in [-0.39, 0.29) is 24.7 Å². The van der Waals surface area contributed by atoms with E-state index in [0.717, 1.165) is 5.56 Å². The van der Waals surface area contributed by atoms with E-state index in [0.29, 0.717) is 17.7 Å². The van der Waals surface area contributed by atoms with E-state index in [1.165, 1.54) is 18.8 Å². The van der Waals surface area contributed by atoms with Crippen LogP contribution < -0.4 is 10.1 Å². The van der Waals surface area contributed by atoms with Crippen molar-refractivity contribution in [2.75, 3.05) is 7.11 Å². The topological polar surface area (TPSA) is 144 Å². The predicted molar refractivity (Wildman–Crippen MR) is 135 cm³/mol. The Morgan fingerprint density at radius 3 is 2.45 bits per heavy atom. The number of carbonyl (C=O) groups is 3. The van der Waals surface area contributed by atoms with Crippen molar-refractivity contribution >= 4 is 18.0 Å². The first-order valence-electron chi connectivity index (χ1n) is 11.8. The van der Waals surface area contributed by atoms with Crippen molar-refractivity contribution in [1.29, 1.82) is 0 Å². The van der Waals surface area contributed by atoms with Crippen LogP contribution >= 0.6 is 0 Å². The molecule has 1 aromatic heterocycles. The summed E-state index contributed by atoms with van der Waals surface area (Å²) in [5.74, 6) is -0.792.